The van der Waals surface area contributed by atoms with Crippen molar-refractivity contribution >= 4 is 32.7 Å². The van der Waals surface area contributed by atoms with E-state index in [4.69, 9.17) is 21.5 Å². The van der Waals surface area contributed by atoms with Crippen molar-refractivity contribution in [1.82, 2.24) is 9.13 Å². The molecule has 0 aliphatic heterocycles. The minimum atomic E-state index is -3.93. The summed E-state index contributed by atoms with van der Waals surface area (Å²) < 4.78 is 31.9. The highest BCUT2D eigenvalue weighted by atomic mass is 35.5. The Morgan fingerprint density at radius 2 is 1.83 bits per heavy atom. The van der Waals surface area contributed by atoms with Crippen LogP contribution in [0.1, 0.15) is 13.3 Å². The summed E-state index contributed by atoms with van der Waals surface area (Å²) in [5.74, 6) is 0.533. The van der Waals surface area contributed by atoms with Crippen molar-refractivity contribution in [3.63, 3.8) is 0 Å². The Hall–Kier alpha value is -2.33. The third kappa shape index (κ3) is 4.81. The number of halogens is 1. The summed E-state index contributed by atoms with van der Waals surface area (Å²) in [5.41, 5.74) is 0.634. The Bertz CT molecular complexity index is 1170. The molecule has 3 N–H and O–H groups in total. The molecule has 0 unspecified atom stereocenters. The Morgan fingerprint density at radius 1 is 1.14 bits per heavy atom. The molecule has 0 spiro atoms. The van der Waals surface area contributed by atoms with Gasteiger partial charge in [0.25, 0.3) is 0 Å². The molecule has 0 radical (unpaired) electrons. The fourth-order valence-electron chi connectivity index (χ4n) is 3.08. The summed E-state index contributed by atoms with van der Waals surface area (Å²) in [6.45, 7) is 2.29. The van der Waals surface area contributed by atoms with Crippen LogP contribution in [-0.2, 0) is 23.1 Å². The van der Waals surface area contributed by atoms with E-state index in [1.165, 1.54) is 16.7 Å². The molecule has 3 aromatic rings. The van der Waals surface area contributed by atoms with E-state index in [0.29, 0.717) is 28.4 Å². The highest BCUT2D eigenvalue weighted by Gasteiger charge is 2.19. The summed E-state index contributed by atoms with van der Waals surface area (Å²) in [5, 5.41) is 16.2. The molecule has 1 atom stereocenters. The highest BCUT2D eigenvalue weighted by Crippen LogP contribution is 2.20. The van der Waals surface area contributed by atoms with Crippen molar-refractivity contribution in [1.29, 1.82) is 0 Å². The smallest absolute Gasteiger partial charge is 0.329 e. The van der Waals surface area contributed by atoms with Gasteiger partial charge in [-0.3, -0.25) is 9.13 Å². The second-order valence-electron chi connectivity index (χ2n) is 6.66. The van der Waals surface area contributed by atoms with Crippen molar-refractivity contribution in [3.8, 4) is 5.75 Å². The van der Waals surface area contributed by atoms with Gasteiger partial charge in [-0.1, -0.05) is 18.5 Å². The van der Waals surface area contributed by atoms with Crippen LogP contribution in [0.2, 0.25) is 5.02 Å². The lowest BCUT2D eigenvalue weighted by molar-refractivity contribution is 0.0924. The molecule has 0 saturated carbocycles. The van der Waals surface area contributed by atoms with Crippen LogP contribution in [0.5, 0.6) is 5.75 Å². The van der Waals surface area contributed by atoms with Gasteiger partial charge in [0.1, 0.15) is 18.5 Å². The van der Waals surface area contributed by atoms with Crippen LogP contribution < -0.4 is 15.6 Å². The zero-order valence-corrected chi connectivity index (χ0v) is 17.4. The average molecular weight is 440 g/mol. The van der Waals surface area contributed by atoms with E-state index in [1.807, 2.05) is 6.92 Å². The van der Waals surface area contributed by atoms with E-state index in [2.05, 4.69) is 0 Å². The van der Waals surface area contributed by atoms with Crippen molar-refractivity contribution < 1.29 is 18.3 Å². The van der Waals surface area contributed by atoms with Crippen LogP contribution in [-0.4, -0.2) is 35.4 Å². The van der Waals surface area contributed by atoms with Gasteiger partial charge in [-0.15, -0.1) is 0 Å². The minimum Gasteiger partial charge on any atom is -0.491 e. The average Bonchev–Trinajstić information content (AvgIpc) is 2.92. The monoisotopic (exact) mass is 439 g/mol. The zero-order valence-electron chi connectivity index (χ0n) is 15.8. The van der Waals surface area contributed by atoms with Gasteiger partial charge in [-0.2, -0.15) is 0 Å². The summed E-state index contributed by atoms with van der Waals surface area (Å²) in [6, 6.07) is 11.0. The van der Waals surface area contributed by atoms with E-state index in [1.54, 1.807) is 34.9 Å². The molecule has 0 aliphatic carbocycles. The molecule has 8 nitrogen and oxygen atoms in total. The van der Waals surface area contributed by atoms with Gasteiger partial charge in [-0.05, 0) is 48.9 Å². The topological polar surface area (TPSA) is 117 Å². The molecule has 29 heavy (non-hydrogen) atoms. The number of nitrogens with two attached hydrogens (primary N) is 1. The first-order valence-corrected chi connectivity index (χ1v) is 11.0. The van der Waals surface area contributed by atoms with Gasteiger partial charge in [0, 0.05) is 11.6 Å². The minimum absolute atomic E-state index is 0.0522. The lowest BCUT2D eigenvalue weighted by Gasteiger charge is -2.13. The fraction of sp³-hybridized carbons (Fsp3) is 0.316. The van der Waals surface area contributed by atoms with Crippen molar-refractivity contribution in [2.24, 2.45) is 5.14 Å². The third-order valence-electron chi connectivity index (χ3n) is 4.42. The molecule has 0 fully saturated rings. The SMILES string of the molecule is CCCn1c(=O)n(C[C@H](O)COc2ccc(Cl)cc2)c2cc(S(N)(=O)=O)ccc21. The van der Waals surface area contributed by atoms with E-state index in [0.717, 1.165) is 6.42 Å². The van der Waals surface area contributed by atoms with E-state index >= 15 is 0 Å². The van der Waals surface area contributed by atoms with E-state index in [-0.39, 0.29) is 23.7 Å². The van der Waals surface area contributed by atoms with Crippen LogP contribution in [0.3, 0.4) is 0 Å². The first kappa shape index (κ1) is 21.4. The maximum Gasteiger partial charge on any atom is 0.329 e. The molecule has 0 bridgehead atoms. The molecule has 0 amide bonds. The Balaban J connectivity index is 1.91. The molecule has 156 valence electrons. The standard InChI is InChI=1S/C19H22ClN3O5S/c1-2-9-22-17-8-7-16(29(21,26)27)10-18(17)23(19(22)25)11-14(24)12-28-15-5-3-13(20)4-6-15/h3-8,10,14,24H,2,9,11-12H2,1H3,(H2,21,26,27)/t14-/m0/s1. The Kier molecular flexibility index (Phi) is 6.33. The first-order chi connectivity index (χ1) is 13.7. The molecule has 0 saturated heterocycles. The number of imidazole rings is 1. The summed E-state index contributed by atoms with van der Waals surface area (Å²) in [7, 11) is -3.93. The predicted molar refractivity (Wildman–Crippen MR) is 111 cm³/mol. The van der Waals surface area contributed by atoms with Gasteiger partial charge in [0.15, 0.2) is 0 Å². The first-order valence-electron chi connectivity index (χ1n) is 9.03. The Morgan fingerprint density at radius 3 is 2.45 bits per heavy atom. The normalized spacial score (nSPS) is 13.0. The number of sulfonamides is 1. The molecule has 10 heteroatoms. The van der Waals surface area contributed by atoms with Crippen LogP contribution in [0.15, 0.2) is 52.2 Å². The Labute approximate surface area is 173 Å². The number of aliphatic hydroxyl groups excluding tert-OH is 1. The number of ether oxygens (including phenoxy) is 1. The quantitative estimate of drug-likeness (QED) is 0.556. The number of aromatic nitrogens is 2. The lowest BCUT2D eigenvalue weighted by Crippen LogP contribution is -2.31. The molecule has 3 rings (SSSR count). The predicted octanol–water partition coefficient (Wildman–Crippen LogP) is 1.95. The number of aryl methyl sites for hydroxylation is 1. The number of fused-ring (bicyclic) bond motifs is 1. The molecule has 2 aromatic carbocycles. The van der Waals surface area contributed by atoms with Crippen molar-refractivity contribution in [3.05, 3.63) is 58.0 Å². The fourth-order valence-corrected chi connectivity index (χ4v) is 3.74. The van der Waals surface area contributed by atoms with Crippen LogP contribution in [0.25, 0.3) is 11.0 Å². The van der Waals surface area contributed by atoms with Crippen LogP contribution >= 0.6 is 11.6 Å². The maximum atomic E-state index is 12.9. The van der Waals surface area contributed by atoms with Gasteiger partial charge in [0.2, 0.25) is 10.0 Å². The zero-order chi connectivity index (χ0) is 21.2. The summed E-state index contributed by atoms with van der Waals surface area (Å²) in [6.07, 6.45) is -0.278. The largest absolute Gasteiger partial charge is 0.491 e. The number of benzene rings is 2. The van der Waals surface area contributed by atoms with E-state index in [9.17, 15) is 18.3 Å². The number of hydrogen-bond acceptors (Lipinski definition) is 5. The number of nitrogens with zero attached hydrogens (tertiary/aromatic N) is 2. The number of rotatable bonds is 8. The number of hydrogen-bond donors (Lipinski definition) is 2. The van der Waals surface area contributed by atoms with Gasteiger partial charge < -0.3 is 9.84 Å². The maximum absolute atomic E-state index is 12.9. The van der Waals surface area contributed by atoms with Crippen molar-refractivity contribution in [2.45, 2.75) is 37.4 Å². The van der Waals surface area contributed by atoms with Gasteiger partial charge >= 0.3 is 5.69 Å². The van der Waals surface area contributed by atoms with Gasteiger partial charge in [-0.25, -0.2) is 18.4 Å². The molecular weight excluding hydrogens is 418 g/mol. The summed E-state index contributed by atoms with van der Waals surface area (Å²) in [4.78, 5) is 12.8. The second-order valence-corrected chi connectivity index (χ2v) is 8.66. The molecule has 1 heterocycles. The van der Waals surface area contributed by atoms with Crippen molar-refractivity contribution in [2.75, 3.05) is 6.61 Å². The van der Waals surface area contributed by atoms with Crippen LogP contribution in [0.4, 0.5) is 0 Å². The van der Waals surface area contributed by atoms with E-state index < -0.39 is 16.1 Å². The molecular formula is C19H22ClN3O5S. The lowest BCUT2D eigenvalue weighted by atomic mass is 10.3. The second kappa shape index (κ2) is 8.58. The number of aliphatic hydroxyl groups is 1. The van der Waals surface area contributed by atoms with Crippen LogP contribution in [0, 0.1) is 0 Å². The molecule has 0 aliphatic rings. The highest BCUT2D eigenvalue weighted by molar-refractivity contribution is 7.89. The third-order valence-corrected chi connectivity index (χ3v) is 5.58. The number of primary sulfonamides is 1. The molecule has 1 aromatic heterocycles. The summed E-state index contributed by atoms with van der Waals surface area (Å²) >= 11 is 5.83. The van der Waals surface area contributed by atoms with Gasteiger partial charge in [0.05, 0.1) is 22.5 Å².